The van der Waals surface area contributed by atoms with Crippen molar-refractivity contribution < 1.29 is 5.11 Å². The van der Waals surface area contributed by atoms with Gasteiger partial charge >= 0.3 is 0 Å². The SMILES string of the molecule is Cc1cc2ncnc(Nc3cc(O)ccc3C)c2cc1C.Cl. The molecule has 5 heteroatoms. The van der Waals surface area contributed by atoms with Crippen molar-refractivity contribution in [3.05, 3.63) is 53.3 Å². The quantitative estimate of drug-likeness (QED) is 0.734. The second-order valence-electron chi connectivity index (χ2n) is 5.30. The minimum Gasteiger partial charge on any atom is -0.508 e. The molecule has 3 aromatic rings. The van der Waals surface area contributed by atoms with Crippen LogP contribution in [0.1, 0.15) is 16.7 Å². The van der Waals surface area contributed by atoms with Crippen LogP contribution in [0.5, 0.6) is 5.75 Å². The number of nitrogens with one attached hydrogen (secondary N) is 1. The summed E-state index contributed by atoms with van der Waals surface area (Å²) in [6, 6.07) is 9.39. The van der Waals surface area contributed by atoms with Gasteiger partial charge in [0, 0.05) is 17.1 Å². The van der Waals surface area contributed by atoms with E-state index in [1.54, 1.807) is 18.5 Å². The monoisotopic (exact) mass is 315 g/mol. The highest BCUT2D eigenvalue weighted by atomic mass is 35.5. The zero-order valence-corrected chi connectivity index (χ0v) is 13.5. The lowest BCUT2D eigenvalue weighted by molar-refractivity contribution is 0.475. The first-order valence-electron chi connectivity index (χ1n) is 6.83. The van der Waals surface area contributed by atoms with E-state index in [2.05, 4.69) is 41.3 Å². The fourth-order valence-corrected chi connectivity index (χ4v) is 2.29. The number of aromatic hydroxyl groups is 1. The van der Waals surface area contributed by atoms with Gasteiger partial charge in [0.15, 0.2) is 0 Å². The Hall–Kier alpha value is -2.33. The molecule has 2 N–H and O–H groups in total. The summed E-state index contributed by atoms with van der Waals surface area (Å²) in [4.78, 5) is 8.66. The minimum atomic E-state index is 0. The molecule has 0 aliphatic heterocycles. The molecule has 1 aromatic heterocycles. The van der Waals surface area contributed by atoms with Gasteiger partial charge in [-0.1, -0.05) is 6.07 Å². The fraction of sp³-hybridized carbons (Fsp3) is 0.176. The molecule has 2 aromatic carbocycles. The molecule has 4 nitrogen and oxygen atoms in total. The van der Waals surface area contributed by atoms with Crippen LogP contribution in [0, 0.1) is 20.8 Å². The van der Waals surface area contributed by atoms with Crippen LogP contribution in [-0.2, 0) is 0 Å². The molecule has 0 saturated carbocycles. The summed E-state index contributed by atoms with van der Waals surface area (Å²) in [5, 5.41) is 13.9. The topological polar surface area (TPSA) is 58.0 Å². The van der Waals surface area contributed by atoms with Gasteiger partial charge in [0.25, 0.3) is 0 Å². The van der Waals surface area contributed by atoms with Crippen molar-refractivity contribution in [3.63, 3.8) is 0 Å². The van der Waals surface area contributed by atoms with Crippen molar-refractivity contribution in [2.45, 2.75) is 20.8 Å². The average molecular weight is 316 g/mol. The van der Waals surface area contributed by atoms with Gasteiger partial charge in [0.2, 0.25) is 0 Å². The van der Waals surface area contributed by atoms with Crippen LogP contribution in [0.4, 0.5) is 11.5 Å². The van der Waals surface area contributed by atoms with Crippen molar-refractivity contribution in [2.75, 3.05) is 5.32 Å². The standard InChI is InChI=1S/C17H17N3O.ClH/c1-10-4-5-13(21)8-15(10)20-17-14-6-11(2)12(3)7-16(14)18-9-19-17;/h4-9,21H,1-3H3,(H,18,19,20);1H. The van der Waals surface area contributed by atoms with Gasteiger partial charge in [-0.25, -0.2) is 9.97 Å². The molecular formula is C17H18ClN3O. The number of benzene rings is 2. The Morgan fingerprint density at radius 2 is 1.64 bits per heavy atom. The summed E-state index contributed by atoms with van der Waals surface area (Å²) in [6.07, 6.45) is 1.55. The van der Waals surface area contributed by atoms with Crippen molar-refractivity contribution >= 4 is 34.8 Å². The average Bonchev–Trinajstić information content (AvgIpc) is 2.45. The number of nitrogens with zero attached hydrogens (tertiary/aromatic N) is 2. The molecule has 3 rings (SSSR count). The normalized spacial score (nSPS) is 10.3. The third-order valence-corrected chi connectivity index (χ3v) is 3.73. The fourth-order valence-electron chi connectivity index (χ4n) is 2.29. The zero-order valence-electron chi connectivity index (χ0n) is 12.7. The predicted octanol–water partition coefficient (Wildman–Crippen LogP) is 4.43. The zero-order chi connectivity index (χ0) is 15.0. The summed E-state index contributed by atoms with van der Waals surface area (Å²) in [5.74, 6) is 0.977. The van der Waals surface area contributed by atoms with Gasteiger partial charge < -0.3 is 10.4 Å². The van der Waals surface area contributed by atoms with Crippen LogP contribution in [0.3, 0.4) is 0 Å². The van der Waals surface area contributed by atoms with Gasteiger partial charge in [0.1, 0.15) is 17.9 Å². The van der Waals surface area contributed by atoms with E-state index in [1.807, 2.05) is 13.0 Å². The number of halogens is 1. The lowest BCUT2D eigenvalue weighted by Gasteiger charge is -2.12. The largest absolute Gasteiger partial charge is 0.508 e. The summed E-state index contributed by atoms with van der Waals surface area (Å²) < 4.78 is 0. The number of aromatic nitrogens is 2. The number of hydrogen-bond donors (Lipinski definition) is 2. The van der Waals surface area contributed by atoms with Gasteiger partial charge in [0.05, 0.1) is 5.52 Å². The van der Waals surface area contributed by atoms with Gasteiger partial charge in [-0.15, -0.1) is 12.4 Å². The van der Waals surface area contributed by atoms with E-state index >= 15 is 0 Å². The molecule has 114 valence electrons. The second-order valence-corrected chi connectivity index (χ2v) is 5.30. The van der Waals surface area contributed by atoms with E-state index in [1.165, 1.54) is 11.1 Å². The Morgan fingerprint density at radius 1 is 0.909 bits per heavy atom. The molecule has 0 amide bonds. The highest BCUT2D eigenvalue weighted by Gasteiger charge is 2.08. The number of anilines is 2. The van der Waals surface area contributed by atoms with Crippen molar-refractivity contribution in [2.24, 2.45) is 0 Å². The van der Waals surface area contributed by atoms with Crippen LogP contribution < -0.4 is 5.32 Å². The van der Waals surface area contributed by atoms with Crippen LogP contribution in [0.15, 0.2) is 36.7 Å². The van der Waals surface area contributed by atoms with Crippen LogP contribution in [0.25, 0.3) is 10.9 Å². The first-order valence-corrected chi connectivity index (χ1v) is 6.83. The third-order valence-electron chi connectivity index (χ3n) is 3.73. The number of fused-ring (bicyclic) bond motifs is 1. The number of hydrogen-bond acceptors (Lipinski definition) is 4. The Kier molecular flexibility index (Phi) is 4.52. The van der Waals surface area contributed by atoms with E-state index in [0.29, 0.717) is 0 Å². The molecule has 0 spiro atoms. The molecule has 0 unspecified atom stereocenters. The van der Waals surface area contributed by atoms with E-state index in [4.69, 9.17) is 0 Å². The molecule has 0 bridgehead atoms. The van der Waals surface area contributed by atoms with Gasteiger partial charge in [-0.05, 0) is 55.7 Å². The Labute approximate surface area is 135 Å². The van der Waals surface area contributed by atoms with Crippen LogP contribution >= 0.6 is 12.4 Å². The molecule has 0 fully saturated rings. The van der Waals surface area contributed by atoms with Gasteiger partial charge in [-0.2, -0.15) is 0 Å². The lowest BCUT2D eigenvalue weighted by Crippen LogP contribution is -1.98. The summed E-state index contributed by atoms with van der Waals surface area (Å²) in [5.41, 5.74) is 5.21. The van der Waals surface area contributed by atoms with Crippen molar-refractivity contribution in [1.29, 1.82) is 0 Å². The maximum Gasteiger partial charge on any atom is 0.141 e. The van der Waals surface area contributed by atoms with E-state index < -0.39 is 0 Å². The first-order chi connectivity index (χ1) is 10.0. The number of rotatable bonds is 2. The van der Waals surface area contributed by atoms with E-state index in [0.717, 1.165) is 28.0 Å². The molecule has 0 aliphatic rings. The first kappa shape index (κ1) is 16.0. The number of aryl methyl sites for hydroxylation is 3. The second kappa shape index (κ2) is 6.20. The Morgan fingerprint density at radius 3 is 2.41 bits per heavy atom. The number of phenols is 1. The highest BCUT2D eigenvalue weighted by Crippen LogP contribution is 2.28. The third kappa shape index (κ3) is 2.97. The van der Waals surface area contributed by atoms with Crippen molar-refractivity contribution in [3.8, 4) is 5.75 Å². The summed E-state index contributed by atoms with van der Waals surface area (Å²) in [6.45, 7) is 6.13. The Bertz CT molecular complexity index is 833. The molecule has 1 heterocycles. The highest BCUT2D eigenvalue weighted by molar-refractivity contribution is 5.91. The van der Waals surface area contributed by atoms with E-state index in [9.17, 15) is 5.11 Å². The van der Waals surface area contributed by atoms with Gasteiger partial charge in [-0.3, -0.25) is 0 Å². The maximum atomic E-state index is 9.64. The maximum absolute atomic E-state index is 9.64. The lowest BCUT2D eigenvalue weighted by atomic mass is 10.1. The minimum absolute atomic E-state index is 0. The number of phenolic OH excluding ortho intramolecular Hbond substituents is 1. The smallest absolute Gasteiger partial charge is 0.141 e. The predicted molar refractivity (Wildman–Crippen MR) is 92.4 cm³/mol. The van der Waals surface area contributed by atoms with Crippen LogP contribution in [0.2, 0.25) is 0 Å². The summed E-state index contributed by atoms with van der Waals surface area (Å²) >= 11 is 0. The molecule has 0 aliphatic carbocycles. The molecule has 0 atom stereocenters. The summed E-state index contributed by atoms with van der Waals surface area (Å²) in [7, 11) is 0. The molecule has 22 heavy (non-hydrogen) atoms. The molecular weight excluding hydrogens is 298 g/mol. The van der Waals surface area contributed by atoms with Crippen LogP contribution in [-0.4, -0.2) is 15.1 Å². The molecule has 0 saturated heterocycles. The Balaban J connectivity index is 0.00000176. The van der Waals surface area contributed by atoms with Crippen molar-refractivity contribution in [1.82, 2.24) is 9.97 Å². The van der Waals surface area contributed by atoms with E-state index in [-0.39, 0.29) is 18.2 Å². The molecule has 0 radical (unpaired) electrons.